The molecule has 1 aliphatic rings. The highest BCUT2D eigenvalue weighted by molar-refractivity contribution is 6.33. The van der Waals surface area contributed by atoms with Crippen molar-refractivity contribution in [2.45, 2.75) is 13.0 Å². The first kappa shape index (κ1) is 15.0. The molecule has 1 amide bonds. The Hall–Kier alpha value is -1.37. The van der Waals surface area contributed by atoms with Crippen LogP contribution in [0.1, 0.15) is 17.3 Å². The third kappa shape index (κ3) is 3.39. The van der Waals surface area contributed by atoms with Crippen LogP contribution in [-0.2, 0) is 4.74 Å². The molecule has 1 unspecified atom stereocenters. The molecule has 0 spiro atoms. The number of aliphatic hydroxyl groups is 1. The van der Waals surface area contributed by atoms with Crippen LogP contribution in [0.15, 0.2) is 12.3 Å². The number of ether oxygens (including phenoxy) is 1. The molecule has 20 heavy (non-hydrogen) atoms. The number of amides is 1. The molecule has 1 aliphatic heterocycles. The fourth-order valence-corrected chi connectivity index (χ4v) is 2.25. The summed E-state index contributed by atoms with van der Waals surface area (Å²) in [4.78, 5) is 18.2. The number of hydrogen-bond donors (Lipinski definition) is 2. The van der Waals surface area contributed by atoms with Crippen LogP contribution in [0.2, 0.25) is 5.02 Å². The largest absolute Gasteiger partial charge is 0.394 e. The van der Waals surface area contributed by atoms with Crippen molar-refractivity contribution in [2.24, 2.45) is 0 Å². The lowest BCUT2D eigenvalue weighted by Gasteiger charge is -2.32. The normalized spacial score (nSPS) is 18.9. The monoisotopic (exact) mass is 299 g/mol. The summed E-state index contributed by atoms with van der Waals surface area (Å²) in [5.74, 6) is 0.450. The van der Waals surface area contributed by atoms with Gasteiger partial charge >= 0.3 is 0 Å². The van der Waals surface area contributed by atoms with Crippen molar-refractivity contribution in [3.05, 3.63) is 22.8 Å². The maximum atomic E-state index is 12.5. The van der Waals surface area contributed by atoms with Crippen LogP contribution >= 0.6 is 11.6 Å². The first-order chi connectivity index (χ1) is 9.65. The van der Waals surface area contributed by atoms with Gasteiger partial charge in [0.15, 0.2) is 0 Å². The fraction of sp³-hybridized carbons (Fsp3) is 0.538. The molecule has 0 radical (unpaired) electrons. The van der Waals surface area contributed by atoms with Crippen molar-refractivity contribution in [2.75, 3.05) is 38.2 Å². The predicted molar refractivity (Wildman–Crippen MR) is 76.1 cm³/mol. The van der Waals surface area contributed by atoms with Crippen molar-refractivity contribution < 1.29 is 14.6 Å². The van der Waals surface area contributed by atoms with Crippen LogP contribution in [0.3, 0.4) is 0 Å². The Kier molecular flexibility index (Phi) is 5.17. The lowest BCUT2D eigenvalue weighted by molar-refractivity contribution is -0.0447. The number of halogens is 1. The average Bonchev–Trinajstić information content (AvgIpc) is 2.49. The molecule has 2 heterocycles. The summed E-state index contributed by atoms with van der Waals surface area (Å²) >= 11 is 6.06. The molecule has 1 saturated heterocycles. The van der Waals surface area contributed by atoms with Crippen LogP contribution in [-0.4, -0.2) is 59.8 Å². The lowest BCUT2D eigenvalue weighted by Crippen LogP contribution is -2.47. The Morgan fingerprint density at radius 3 is 3.20 bits per heavy atom. The number of morpholine rings is 1. The van der Waals surface area contributed by atoms with Gasteiger partial charge in [-0.05, 0) is 13.0 Å². The van der Waals surface area contributed by atoms with Gasteiger partial charge in [0.2, 0.25) is 0 Å². The fourth-order valence-electron chi connectivity index (χ4n) is 2.06. The van der Waals surface area contributed by atoms with E-state index in [-0.39, 0.29) is 18.6 Å². The second-order valence-electron chi connectivity index (χ2n) is 4.51. The molecular formula is C13H18ClN3O3. The number of carbonyl (C=O) groups excluding carboxylic acids is 1. The van der Waals surface area contributed by atoms with Gasteiger partial charge in [-0.2, -0.15) is 0 Å². The van der Waals surface area contributed by atoms with Crippen molar-refractivity contribution in [3.63, 3.8) is 0 Å². The molecule has 1 aromatic rings. The zero-order valence-corrected chi connectivity index (χ0v) is 12.1. The number of pyridine rings is 1. The molecule has 2 N–H and O–H groups in total. The second-order valence-corrected chi connectivity index (χ2v) is 4.91. The lowest BCUT2D eigenvalue weighted by atomic mass is 10.2. The van der Waals surface area contributed by atoms with Crippen molar-refractivity contribution in [3.8, 4) is 0 Å². The number of rotatable bonds is 4. The van der Waals surface area contributed by atoms with Gasteiger partial charge in [-0.1, -0.05) is 11.6 Å². The van der Waals surface area contributed by atoms with E-state index in [2.05, 4.69) is 10.3 Å². The summed E-state index contributed by atoms with van der Waals surface area (Å²) in [6.07, 6.45) is 1.14. The van der Waals surface area contributed by atoms with Crippen molar-refractivity contribution in [1.29, 1.82) is 0 Å². The Bertz CT molecular complexity index is 484. The number of hydrogen-bond acceptors (Lipinski definition) is 5. The Labute approximate surface area is 122 Å². The molecular weight excluding hydrogens is 282 g/mol. The molecule has 1 fully saturated rings. The van der Waals surface area contributed by atoms with E-state index in [1.165, 1.54) is 6.20 Å². The molecule has 1 atom stereocenters. The molecule has 0 bridgehead atoms. The minimum atomic E-state index is -0.332. The molecule has 2 rings (SSSR count). The van der Waals surface area contributed by atoms with Crippen LogP contribution in [0, 0.1) is 0 Å². The van der Waals surface area contributed by atoms with Gasteiger partial charge in [-0.15, -0.1) is 0 Å². The average molecular weight is 300 g/mol. The van der Waals surface area contributed by atoms with E-state index in [1.807, 2.05) is 6.92 Å². The quantitative estimate of drug-likeness (QED) is 0.867. The summed E-state index contributed by atoms with van der Waals surface area (Å²) in [7, 11) is 0. The zero-order valence-electron chi connectivity index (χ0n) is 11.3. The summed E-state index contributed by atoms with van der Waals surface area (Å²) in [5, 5.41) is 12.5. The third-order valence-electron chi connectivity index (χ3n) is 3.07. The molecule has 110 valence electrons. The standard InChI is InChI=1S/C13H18ClN3O3/c1-2-15-12-5-10(11(14)6-16-12)13(19)17-3-4-20-9(7-17)8-18/h5-6,9,18H,2-4,7-8H2,1H3,(H,15,16). The summed E-state index contributed by atoms with van der Waals surface area (Å²) in [6, 6.07) is 1.65. The van der Waals surface area contributed by atoms with E-state index < -0.39 is 0 Å². The van der Waals surface area contributed by atoms with Crippen molar-refractivity contribution in [1.82, 2.24) is 9.88 Å². The smallest absolute Gasteiger partial charge is 0.255 e. The Balaban J connectivity index is 2.17. The zero-order chi connectivity index (χ0) is 14.5. The van der Waals surface area contributed by atoms with Gasteiger partial charge in [-0.25, -0.2) is 4.98 Å². The highest BCUT2D eigenvalue weighted by atomic mass is 35.5. The summed E-state index contributed by atoms with van der Waals surface area (Å²) in [6.45, 7) is 3.84. The van der Waals surface area contributed by atoms with Gasteiger partial charge in [0, 0.05) is 25.8 Å². The molecule has 7 heteroatoms. The first-order valence-corrected chi connectivity index (χ1v) is 6.94. The molecule has 0 aromatic carbocycles. The molecule has 0 saturated carbocycles. The van der Waals surface area contributed by atoms with Gasteiger partial charge in [0.25, 0.3) is 5.91 Å². The maximum Gasteiger partial charge on any atom is 0.255 e. The number of nitrogens with zero attached hydrogens (tertiary/aromatic N) is 2. The van der Waals surface area contributed by atoms with Gasteiger partial charge in [0.05, 0.1) is 29.9 Å². The summed E-state index contributed by atoms with van der Waals surface area (Å²) in [5.41, 5.74) is 0.413. The third-order valence-corrected chi connectivity index (χ3v) is 3.37. The number of aromatic nitrogens is 1. The number of anilines is 1. The SMILES string of the molecule is CCNc1cc(C(=O)N2CCOC(CO)C2)c(Cl)cn1. The predicted octanol–water partition coefficient (Wildman–Crippen LogP) is 1.00. The van der Waals surface area contributed by atoms with E-state index in [0.29, 0.717) is 42.6 Å². The van der Waals surface area contributed by atoms with E-state index in [0.717, 1.165) is 0 Å². The molecule has 0 aliphatic carbocycles. The highest BCUT2D eigenvalue weighted by Gasteiger charge is 2.26. The van der Waals surface area contributed by atoms with Crippen LogP contribution in [0.5, 0.6) is 0 Å². The maximum absolute atomic E-state index is 12.5. The van der Waals surface area contributed by atoms with Gasteiger partial charge in [0.1, 0.15) is 5.82 Å². The summed E-state index contributed by atoms with van der Waals surface area (Å²) < 4.78 is 5.33. The van der Waals surface area contributed by atoms with E-state index in [4.69, 9.17) is 21.4 Å². The Morgan fingerprint density at radius 1 is 1.70 bits per heavy atom. The minimum absolute atomic E-state index is 0.101. The number of aliphatic hydroxyl groups excluding tert-OH is 1. The van der Waals surface area contributed by atoms with Gasteiger partial charge < -0.3 is 20.1 Å². The second kappa shape index (κ2) is 6.88. The van der Waals surface area contributed by atoms with Crippen LogP contribution in [0.25, 0.3) is 0 Å². The minimum Gasteiger partial charge on any atom is -0.394 e. The van der Waals surface area contributed by atoms with E-state index in [1.54, 1.807) is 11.0 Å². The Morgan fingerprint density at radius 2 is 2.50 bits per heavy atom. The van der Waals surface area contributed by atoms with Crippen LogP contribution in [0.4, 0.5) is 5.82 Å². The number of carbonyl (C=O) groups is 1. The van der Waals surface area contributed by atoms with Crippen LogP contribution < -0.4 is 5.32 Å². The van der Waals surface area contributed by atoms with E-state index >= 15 is 0 Å². The van der Waals surface area contributed by atoms with Crippen molar-refractivity contribution >= 4 is 23.3 Å². The van der Waals surface area contributed by atoms with Gasteiger partial charge in [-0.3, -0.25) is 4.79 Å². The molecule has 6 nitrogen and oxygen atoms in total. The number of nitrogens with one attached hydrogen (secondary N) is 1. The van der Waals surface area contributed by atoms with E-state index in [9.17, 15) is 4.79 Å². The first-order valence-electron chi connectivity index (χ1n) is 6.56. The highest BCUT2D eigenvalue weighted by Crippen LogP contribution is 2.21. The molecule has 1 aromatic heterocycles. The topological polar surface area (TPSA) is 74.7 Å².